The van der Waals surface area contributed by atoms with E-state index in [-0.39, 0.29) is 27.5 Å². The van der Waals surface area contributed by atoms with Crippen LogP contribution in [0.2, 0.25) is 5.02 Å². The van der Waals surface area contributed by atoms with Gasteiger partial charge in [0.2, 0.25) is 5.88 Å². The van der Waals surface area contributed by atoms with Crippen molar-refractivity contribution in [3.63, 3.8) is 0 Å². The Morgan fingerprint density at radius 3 is 2.59 bits per heavy atom. The molecule has 8 nitrogen and oxygen atoms in total. The Morgan fingerprint density at radius 2 is 1.89 bits per heavy atom. The van der Waals surface area contributed by atoms with Crippen molar-refractivity contribution < 1.29 is 15.0 Å². The average molecular weight is 386 g/mol. The van der Waals surface area contributed by atoms with Crippen molar-refractivity contribution in [3.05, 3.63) is 85.5 Å². The number of aromatic carboxylic acids is 1. The summed E-state index contributed by atoms with van der Waals surface area (Å²) in [6.45, 7) is 0. The number of aliphatic imine (C=N–C) groups is 1. The van der Waals surface area contributed by atoms with Crippen LogP contribution in [0.3, 0.4) is 0 Å². The minimum atomic E-state index is -1.12. The van der Waals surface area contributed by atoms with E-state index in [1.54, 1.807) is 12.1 Å². The number of rotatable bonds is 4. The lowest BCUT2D eigenvalue weighted by atomic mass is 10.2. The van der Waals surface area contributed by atoms with Crippen LogP contribution in [-0.4, -0.2) is 31.9 Å². The Bertz CT molecular complexity index is 1180. The predicted molar refractivity (Wildman–Crippen MR) is 100.0 cm³/mol. The first-order valence-electron chi connectivity index (χ1n) is 7.59. The van der Waals surface area contributed by atoms with Gasteiger partial charge in [0.1, 0.15) is 5.56 Å². The van der Waals surface area contributed by atoms with Gasteiger partial charge in [0, 0.05) is 6.21 Å². The summed E-state index contributed by atoms with van der Waals surface area (Å²) >= 11 is 6.06. The number of carboxylic acids is 1. The second-order valence-electron chi connectivity index (χ2n) is 5.40. The van der Waals surface area contributed by atoms with Gasteiger partial charge in [-0.15, -0.1) is 0 Å². The fraction of sp³-hybridized carbons (Fsp3) is 0. The first kappa shape index (κ1) is 18.2. The van der Waals surface area contributed by atoms with Crippen LogP contribution < -0.4 is 11.2 Å². The molecule has 0 spiro atoms. The normalized spacial score (nSPS) is 11.0. The van der Waals surface area contributed by atoms with E-state index in [0.717, 1.165) is 10.8 Å². The molecule has 3 rings (SSSR count). The number of aromatic hydroxyl groups is 1. The van der Waals surface area contributed by atoms with E-state index in [2.05, 4.69) is 9.98 Å². The molecule has 0 radical (unpaired) electrons. The molecule has 27 heavy (non-hydrogen) atoms. The van der Waals surface area contributed by atoms with Gasteiger partial charge in [0.05, 0.1) is 22.0 Å². The number of halogens is 1. The highest BCUT2D eigenvalue weighted by atomic mass is 35.5. The Kier molecular flexibility index (Phi) is 4.91. The van der Waals surface area contributed by atoms with E-state index in [0.29, 0.717) is 0 Å². The molecule has 136 valence electrons. The SMILES string of the molecule is O=C(O)c1cccc(N=Cc2c(O)n(-c3ccccc3Cl)c(=O)[nH]c2=O)c1. The van der Waals surface area contributed by atoms with Crippen LogP contribution in [-0.2, 0) is 0 Å². The maximum atomic E-state index is 12.1. The maximum absolute atomic E-state index is 12.1. The van der Waals surface area contributed by atoms with Crippen molar-refractivity contribution >= 4 is 29.5 Å². The minimum absolute atomic E-state index is 0.0174. The number of hydrogen-bond acceptors (Lipinski definition) is 5. The van der Waals surface area contributed by atoms with E-state index >= 15 is 0 Å². The van der Waals surface area contributed by atoms with Crippen LogP contribution in [0.4, 0.5) is 5.69 Å². The van der Waals surface area contributed by atoms with Crippen molar-refractivity contribution in [2.75, 3.05) is 0 Å². The number of nitrogens with zero attached hydrogens (tertiary/aromatic N) is 2. The second-order valence-corrected chi connectivity index (χ2v) is 5.80. The number of nitrogens with one attached hydrogen (secondary N) is 1. The van der Waals surface area contributed by atoms with Crippen LogP contribution in [0, 0.1) is 0 Å². The summed E-state index contributed by atoms with van der Waals surface area (Å²) in [7, 11) is 0. The first-order chi connectivity index (χ1) is 12.9. The number of benzene rings is 2. The third kappa shape index (κ3) is 3.65. The number of carbonyl (C=O) groups is 1. The predicted octanol–water partition coefficient (Wildman–Crippen LogP) is 2.33. The van der Waals surface area contributed by atoms with Crippen molar-refractivity contribution in [3.8, 4) is 11.6 Å². The lowest BCUT2D eigenvalue weighted by molar-refractivity contribution is 0.0697. The highest BCUT2D eigenvalue weighted by Gasteiger charge is 2.16. The monoisotopic (exact) mass is 385 g/mol. The smallest absolute Gasteiger partial charge is 0.335 e. The lowest BCUT2D eigenvalue weighted by Gasteiger charge is -2.10. The maximum Gasteiger partial charge on any atom is 0.335 e. The molecule has 3 N–H and O–H groups in total. The van der Waals surface area contributed by atoms with Gasteiger partial charge >= 0.3 is 11.7 Å². The molecule has 0 saturated carbocycles. The topological polar surface area (TPSA) is 125 Å². The van der Waals surface area contributed by atoms with Gasteiger partial charge < -0.3 is 10.2 Å². The molecule has 0 amide bonds. The Balaban J connectivity index is 2.12. The third-order valence-electron chi connectivity index (χ3n) is 3.65. The number of hydrogen-bond donors (Lipinski definition) is 3. The zero-order valence-electron chi connectivity index (χ0n) is 13.6. The molecule has 0 saturated heterocycles. The molecule has 0 unspecified atom stereocenters. The fourth-order valence-corrected chi connectivity index (χ4v) is 2.59. The summed E-state index contributed by atoms with van der Waals surface area (Å²) in [6.07, 6.45) is 1.04. The standard InChI is InChI=1S/C18H12ClN3O5/c19-13-6-1-2-7-14(13)22-16(24)12(15(23)21-18(22)27)9-20-11-5-3-4-10(8-11)17(25)26/h1-9,24H,(H,25,26)(H,21,23,27). The summed E-state index contributed by atoms with van der Waals surface area (Å²) < 4.78 is 0.846. The van der Waals surface area contributed by atoms with Crippen LogP contribution in [0.15, 0.2) is 63.1 Å². The molecular formula is C18H12ClN3O5. The van der Waals surface area contributed by atoms with E-state index in [1.165, 1.54) is 36.4 Å². The van der Waals surface area contributed by atoms with E-state index < -0.39 is 23.1 Å². The third-order valence-corrected chi connectivity index (χ3v) is 3.97. The van der Waals surface area contributed by atoms with Crippen molar-refractivity contribution in [2.24, 2.45) is 4.99 Å². The highest BCUT2D eigenvalue weighted by Crippen LogP contribution is 2.23. The van der Waals surface area contributed by atoms with Gasteiger partial charge in [-0.1, -0.05) is 29.8 Å². The fourth-order valence-electron chi connectivity index (χ4n) is 2.37. The average Bonchev–Trinajstić information content (AvgIpc) is 2.63. The van der Waals surface area contributed by atoms with Crippen LogP contribution in [0.25, 0.3) is 5.69 Å². The lowest BCUT2D eigenvalue weighted by Crippen LogP contribution is -2.31. The first-order valence-corrected chi connectivity index (χ1v) is 7.97. The molecular weight excluding hydrogens is 374 g/mol. The summed E-state index contributed by atoms with van der Waals surface area (Å²) in [5.74, 6) is -1.77. The Hall–Kier alpha value is -3.65. The number of H-pyrrole nitrogens is 1. The van der Waals surface area contributed by atoms with Crippen LogP contribution in [0.1, 0.15) is 15.9 Å². The van der Waals surface area contributed by atoms with Gasteiger partial charge in [-0.05, 0) is 30.3 Å². The summed E-state index contributed by atoms with van der Waals surface area (Å²) in [4.78, 5) is 41.3. The molecule has 0 aliphatic heterocycles. The van der Waals surface area contributed by atoms with Gasteiger partial charge in [0.25, 0.3) is 5.56 Å². The quantitative estimate of drug-likeness (QED) is 0.594. The Morgan fingerprint density at radius 1 is 1.15 bits per heavy atom. The van der Waals surface area contributed by atoms with E-state index in [1.807, 2.05) is 0 Å². The number of aromatic amines is 1. The molecule has 0 atom stereocenters. The van der Waals surface area contributed by atoms with Crippen LogP contribution in [0.5, 0.6) is 5.88 Å². The Labute approximate surface area is 156 Å². The molecule has 1 heterocycles. The molecule has 3 aromatic rings. The van der Waals surface area contributed by atoms with Gasteiger partial charge in [0.15, 0.2) is 0 Å². The van der Waals surface area contributed by atoms with Crippen LogP contribution >= 0.6 is 11.6 Å². The molecule has 0 aliphatic rings. The largest absolute Gasteiger partial charge is 0.493 e. The minimum Gasteiger partial charge on any atom is -0.493 e. The summed E-state index contributed by atoms with van der Waals surface area (Å²) in [5, 5.41) is 19.6. The van der Waals surface area contributed by atoms with Gasteiger partial charge in [-0.2, -0.15) is 0 Å². The van der Waals surface area contributed by atoms with E-state index in [9.17, 15) is 19.5 Å². The highest BCUT2D eigenvalue weighted by molar-refractivity contribution is 6.32. The number of para-hydroxylation sites is 1. The van der Waals surface area contributed by atoms with E-state index in [4.69, 9.17) is 16.7 Å². The molecule has 0 aliphatic carbocycles. The summed E-state index contributed by atoms with van der Waals surface area (Å²) in [6, 6.07) is 12.0. The molecule has 9 heteroatoms. The number of aromatic nitrogens is 2. The van der Waals surface area contributed by atoms with Gasteiger partial charge in [-0.25, -0.2) is 14.2 Å². The second kappa shape index (κ2) is 7.30. The van der Waals surface area contributed by atoms with Gasteiger partial charge in [-0.3, -0.25) is 14.8 Å². The summed E-state index contributed by atoms with van der Waals surface area (Å²) in [5.41, 5.74) is -1.54. The van der Waals surface area contributed by atoms with Crippen molar-refractivity contribution in [2.45, 2.75) is 0 Å². The zero-order chi connectivity index (χ0) is 19.6. The zero-order valence-corrected chi connectivity index (χ0v) is 14.3. The molecule has 0 bridgehead atoms. The number of carboxylic acid groups (broad SMARTS) is 1. The molecule has 1 aromatic heterocycles. The molecule has 0 fully saturated rings. The van der Waals surface area contributed by atoms with Crippen molar-refractivity contribution in [1.82, 2.24) is 9.55 Å². The van der Waals surface area contributed by atoms with Crippen molar-refractivity contribution in [1.29, 1.82) is 0 Å². The molecule has 2 aromatic carbocycles.